The van der Waals surface area contributed by atoms with Gasteiger partial charge in [-0.3, -0.25) is 19.7 Å². The Bertz CT molecular complexity index is 881. The van der Waals surface area contributed by atoms with Crippen LogP contribution < -0.4 is 20.9 Å². The third-order valence-electron chi connectivity index (χ3n) is 6.51. The van der Waals surface area contributed by atoms with E-state index in [0.717, 1.165) is 18.8 Å². The fourth-order valence-electron chi connectivity index (χ4n) is 4.53. The van der Waals surface area contributed by atoms with Gasteiger partial charge in [0.2, 0.25) is 17.7 Å². The van der Waals surface area contributed by atoms with E-state index in [4.69, 9.17) is 11.6 Å². The highest BCUT2D eigenvalue weighted by atomic mass is 35.5. The minimum atomic E-state index is -0.988. The van der Waals surface area contributed by atoms with Crippen LogP contribution in [0, 0.1) is 0 Å². The molecule has 0 bridgehead atoms. The van der Waals surface area contributed by atoms with E-state index >= 15 is 0 Å². The van der Waals surface area contributed by atoms with Gasteiger partial charge >= 0.3 is 0 Å². The Balaban J connectivity index is 1.32. The van der Waals surface area contributed by atoms with Crippen molar-refractivity contribution in [3.63, 3.8) is 0 Å². The Morgan fingerprint density at radius 1 is 1.19 bits per heavy atom. The van der Waals surface area contributed by atoms with Crippen molar-refractivity contribution < 1.29 is 19.5 Å². The molecule has 0 aromatic heterocycles. The molecule has 174 valence electrons. The van der Waals surface area contributed by atoms with E-state index in [1.165, 1.54) is 0 Å². The number of amides is 3. The molecule has 0 unspecified atom stereocenters. The molecule has 32 heavy (non-hydrogen) atoms. The van der Waals surface area contributed by atoms with Gasteiger partial charge in [-0.15, -0.1) is 0 Å². The second-order valence-corrected chi connectivity index (χ2v) is 9.24. The first-order valence-corrected chi connectivity index (χ1v) is 11.6. The van der Waals surface area contributed by atoms with Crippen LogP contribution in [0.25, 0.3) is 0 Å². The van der Waals surface area contributed by atoms with E-state index < -0.39 is 11.6 Å². The summed E-state index contributed by atoms with van der Waals surface area (Å²) in [5.74, 6) is -0.558. The second-order valence-electron chi connectivity index (χ2n) is 8.83. The van der Waals surface area contributed by atoms with Crippen molar-refractivity contribution in [3.05, 3.63) is 23.2 Å². The maximum atomic E-state index is 12.6. The van der Waals surface area contributed by atoms with Crippen LogP contribution in [0.4, 0.5) is 11.4 Å². The number of benzene rings is 1. The Hall–Kier alpha value is -2.36. The zero-order valence-electron chi connectivity index (χ0n) is 18.0. The number of piperazine rings is 1. The number of imide groups is 1. The van der Waals surface area contributed by atoms with Gasteiger partial charge in [0.25, 0.3) is 0 Å². The fourth-order valence-corrected chi connectivity index (χ4v) is 4.83. The second kappa shape index (κ2) is 9.64. The smallest absolute Gasteiger partial charge is 0.249 e. The minimum Gasteiger partial charge on any atom is -0.389 e. The molecule has 0 spiro atoms. The maximum Gasteiger partial charge on any atom is 0.249 e. The lowest BCUT2D eigenvalue weighted by Gasteiger charge is -2.40. The molecule has 1 aromatic rings. The Kier molecular flexibility index (Phi) is 6.88. The van der Waals surface area contributed by atoms with Gasteiger partial charge in [-0.05, 0) is 37.5 Å². The highest BCUT2D eigenvalue weighted by molar-refractivity contribution is 6.33. The number of nitrogens with one attached hydrogen (secondary N) is 3. The molecule has 9 nitrogen and oxygen atoms in total. The molecule has 3 saturated heterocycles. The molecule has 3 aliphatic heterocycles. The van der Waals surface area contributed by atoms with E-state index in [0.29, 0.717) is 62.6 Å². The molecular formula is C22H30ClN5O4. The normalized spacial score (nSPS) is 23.6. The summed E-state index contributed by atoms with van der Waals surface area (Å²) in [5.41, 5.74) is 0.581. The molecule has 3 aliphatic rings. The molecule has 3 fully saturated rings. The predicted molar refractivity (Wildman–Crippen MR) is 122 cm³/mol. The number of hydrogen-bond acceptors (Lipinski definition) is 7. The molecule has 3 amide bonds. The van der Waals surface area contributed by atoms with Crippen molar-refractivity contribution in [2.24, 2.45) is 0 Å². The van der Waals surface area contributed by atoms with E-state index in [-0.39, 0.29) is 24.1 Å². The summed E-state index contributed by atoms with van der Waals surface area (Å²) in [6.45, 7) is 4.18. The van der Waals surface area contributed by atoms with Gasteiger partial charge < -0.3 is 25.5 Å². The summed E-state index contributed by atoms with van der Waals surface area (Å²) in [5, 5.41) is 20.2. The standard InChI is InChI=1S/C22H30ClN5O4/c23-16-13-15(25-17-2-4-19(29)26-21(17)31)1-3-18(16)27-9-5-22(32,6-10-27)14-20(30)28-11-7-24-8-12-28/h1,3,13,17,24-25,32H,2,4-12,14H2,(H,26,29,31)/t17-/m1/s1. The molecule has 0 aliphatic carbocycles. The van der Waals surface area contributed by atoms with Gasteiger partial charge in [0, 0.05) is 51.4 Å². The lowest BCUT2D eigenvalue weighted by molar-refractivity contribution is -0.138. The molecule has 10 heteroatoms. The quantitative estimate of drug-likeness (QED) is 0.475. The summed E-state index contributed by atoms with van der Waals surface area (Å²) in [6.07, 6.45) is 1.91. The molecule has 4 rings (SSSR count). The van der Waals surface area contributed by atoms with Crippen LogP contribution in [-0.2, 0) is 14.4 Å². The van der Waals surface area contributed by atoms with Crippen LogP contribution in [0.5, 0.6) is 0 Å². The van der Waals surface area contributed by atoms with E-state index in [1.807, 2.05) is 17.0 Å². The number of carbonyl (C=O) groups excluding carboxylic acids is 3. The highest BCUT2D eigenvalue weighted by Crippen LogP contribution is 2.34. The average molecular weight is 464 g/mol. The molecule has 3 heterocycles. The number of halogens is 1. The third-order valence-corrected chi connectivity index (χ3v) is 6.82. The Morgan fingerprint density at radius 3 is 2.56 bits per heavy atom. The van der Waals surface area contributed by atoms with Crippen molar-refractivity contribution in [1.29, 1.82) is 0 Å². The van der Waals surface area contributed by atoms with Gasteiger partial charge in [0.15, 0.2) is 0 Å². The summed E-state index contributed by atoms with van der Waals surface area (Å²) >= 11 is 6.53. The van der Waals surface area contributed by atoms with Gasteiger partial charge in [0.1, 0.15) is 6.04 Å². The first-order chi connectivity index (χ1) is 15.3. The van der Waals surface area contributed by atoms with Crippen molar-refractivity contribution >= 4 is 40.7 Å². The summed E-state index contributed by atoms with van der Waals surface area (Å²) in [6, 6.07) is 5.06. The average Bonchev–Trinajstić information content (AvgIpc) is 2.77. The van der Waals surface area contributed by atoms with E-state index in [2.05, 4.69) is 20.9 Å². The van der Waals surface area contributed by atoms with Gasteiger partial charge in [-0.25, -0.2) is 0 Å². The molecule has 0 radical (unpaired) electrons. The van der Waals surface area contributed by atoms with Crippen LogP contribution in [-0.4, -0.2) is 78.6 Å². The summed E-state index contributed by atoms with van der Waals surface area (Å²) in [7, 11) is 0. The number of anilines is 2. The van der Waals surface area contributed by atoms with Crippen molar-refractivity contribution in [2.45, 2.75) is 43.7 Å². The number of hydrogen-bond donors (Lipinski definition) is 4. The molecular weight excluding hydrogens is 434 g/mol. The maximum absolute atomic E-state index is 12.6. The topological polar surface area (TPSA) is 114 Å². The summed E-state index contributed by atoms with van der Waals surface area (Å²) in [4.78, 5) is 39.8. The predicted octanol–water partition coefficient (Wildman–Crippen LogP) is 0.710. The number of nitrogens with zero attached hydrogens (tertiary/aromatic N) is 2. The first kappa shape index (κ1) is 22.8. The minimum absolute atomic E-state index is 0.0179. The van der Waals surface area contributed by atoms with Gasteiger partial charge in [-0.1, -0.05) is 11.6 Å². The number of piperidine rings is 2. The lowest BCUT2D eigenvalue weighted by atomic mass is 9.87. The largest absolute Gasteiger partial charge is 0.389 e. The number of aliphatic hydroxyl groups is 1. The molecule has 1 aromatic carbocycles. The molecule has 0 saturated carbocycles. The van der Waals surface area contributed by atoms with E-state index in [9.17, 15) is 19.5 Å². The van der Waals surface area contributed by atoms with Crippen LogP contribution in [0.15, 0.2) is 18.2 Å². The fraction of sp³-hybridized carbons (Fsp3) is 0.591. The highest BCUT2D eigenvalue weighted by Gasteiger charge is 2.36. The first-order valence-electron chi connectivity index (χ1n) is 11.2. The van der Waals surface area contributed by atoms with Crippen molar-refractivity contribution in [1.82, 2.24) is 15.5 Å². The SMILES string of the molecule is O=C1CC[C@@H](Nc2ccc(N3CCC(O)(CC(=O)N4CCNCC4)CC3)c(Cl)c2)C(=O)N1. The number of rotatable bonds is 5. The lowest BCUT2D eigenvalue weighted by Crippen LogP contribution is -2.51. The zero-order chi connectivity index (χ0) is 22.7. The van der Waals surface area contributed by atoms with Gasteiger partial charge in [-0.2, -0.15) is 0 Å². The van der Waals surface area contributed by atoms with Crippen LogP contribution in [0.1, 0.15) is 32.1 Å². The Labute approximate surface area is 192 Å². The van der Waals surface area contributed by atoms with Crippen molar-refractivity contribution in [2.75, 3.05) is 49.5 Å². The van der Waals surface area contributed by atoms with Crippen LogP contribution in [0.3, 0.4) is 0 Å². The van der Waals surface area contributed by atoms with Crippen LogP contribution >= 0.6 is 11.6 Å². The summed E-state index contributed by atoms with van der Waals surface area (Å²) < 4.78 is 0. The zero-order valence-corrected chi connectivity index (χ0v) is 18.8. The molecule has 1 atom stereocenters. The molecule has 4 N–H and O–H groups in total. The van der Waals surface area contributed by atoms with E-state index in [1.54, 1.807) is 6.07 Å². The van der Waals surface area contributed by atoms with Crippen LogP contribution in [0.2, 0.25) is 5.02 Å². The van der Waals surface area contributed by atoms with Gasteiger partial charge in [0.05, 0.1) is 22.7 Å². The Morgan fingerprint density at radius 2 is 1.91 bits per heavy atom. The van der Waals surface area contributed by atoms with Crippen molar-refractivity contribution in [3.8, 4) is 0 Å². The monoisotopic (exact) mass is 463 g/mol. The number of carbonyl (C=O) groups is 3. The third kappa shape index (κ3) is 5.33.